The van der Waals surface area contributed by atoms with Crippen molar-refractivity contribution in [1.82, 2.24) is 0 Å². The average Bonchev–Trinajstić information content (AvgIpc) is 2.49. The highest BCUT2D eigenvalue weighted by Crippen LogP contribution is 2.20. The smallest absolute Gasteiger partial charge is 0.113 e. The monoisotopic (exact) mass is 328 g/mol. The molecule has 1 rings (SSSR count). The number of alkyl halides is 1. The number of hydrogen-bond acceptors (Lipinski definition) is 1. The maximum Gasteiger partial charge on any atom is 0.113 e. The molecule has 0 amide bonds. The molecule has 0 aliphatic rings. The van der Waals surface area contributed by atoms with E-state index in [1.165, 1.54) is 50.5 Å². The average molecular weight is 329 g/mol. The van der Waals surface area contributed by atoms with Gasteiger partial charge in [0.25, 0.3) is 0 Å². The largest absolute Gasteiger partial charge is 0.253 e. The van der Waals surface area contributed by atoms with Crippen LogP contribution in [-0.2, 0) is 10.8 Å². The van der Waals surface area contributed by atoms with Gasteiger partial charge < -0.3 is 0 Å². The highest BCUT2D eigenvalue weighted by atomic mass is 35.5. The second-order valence-electron chi connectivity index (χ2n) is 5.78. The molecule has 0 saturated heterocycles. The molecular formula is C18H29ClOS. The normalized spacial score (nSPS) is 14.0. The predicted molar refractivity (Wildman–Crippen MR) is 94.5 cm³/mol. The van der Waals surface area contributed by atoms with E-state index in [1.807, 2.05) is 31.2 Å². The lowest BCUT2D eigenvalue weighted by atomic mass is 10.1. The van der Waals surface area contributed by atoms with Crippen molar-refractivity contribution in [2.75, 3.05) is 0 Å². The highest BCUT2D eigenvalue weighted by molar-refractivity contribution is 7.87. The number of unbranched alkanes of at least 4 members (excludes halogenated alkanes) is 7. The molecule has 0 fully saturated rings. The SMILES string of the molecule is CCCCCCCCCCC(Cl)[S@](=O)c1ccc(C)cc1. The lowest BCUT2D eigenvalue weighted by molar-refractivity contribution is 0.569. The van der Waals surface area contributed by atoms with Crippen LogP contribution in [0.2, 0.25) is 0 Å². The van der Waals surface area contributed by atoms with Crippen molar-refractivity contribution in [1.29, 1.82) is 0 Å². The molecule has 0 radical (unpaired) electrons. The van der Waals surface area contributed by atoms with Gasteiger partial charge in [-0.1, -0.05) is 76.0 Å². The second-order valence-corrected chi connectivity index (χ2v) is 8.20. The van der Waals surface area contributed by atoms with Gasteiger partial charge in [0.05, 0.1) is 10.8 Å². The number of halogens is 1. The van der Waals surface area contributed by atoms with Gasteiger partial charge in [0.15, 0.2) is 0 Å². The third kappa shape index (κ3) is 8.01. The van der Waals surface area contributed by atoms with Gasteiger partial charge in [0, 0.05) is 4.90 Å². The van der Waals surface area contributed by atoms with Crippen LogP contribution in [0.5, 0.6) is 0 Å². The molecule has 2 atom stereocenters. The summed E-state index contributed by atoms with van der Waals surface area (Å²) < 4.78 is 12.0. The van der Waals surface area contributed by atoms with Crippen LogP contribution < -0.4 is 0 Å². The van der Waals surface area contributed by atoms with Crippen LogP contribution in [0.15, 0.2) is 29.2 Å². The van der Waals surface area contributed by atoms with Gasteiger partial charge in [0.1, 0.15) is 4.71 Å². The Morgan fingerprint density at radius 3 is 2.05 bits per heavy atom. The number of aryl methyl sites for hydroxylation is 1. The zero-order chi connectivity index (χ0) is 15.5. The minimum atomic E-state index is -1.08. The van der Waals surface area contributed by atoms with Crippen molar-refractivity contribution >= 4 is 22.4 Å². The molecule has 0 bridgehead atoms. The van der Waals surface area contributed by atoms with E-state index < -0.39 is 10.8 Å². The zero-order valence-electron chi connectivity index (χ0n) is 13.4. The fraction of sp³-hybridized carbons (Fsp3) is 0.667. The molecule has 0 saturated carbocycles. The molecule has 1 aromatic carbocycles. The van der Waals surface area contributed by atoms with E-state index in [1.54, 1.807) is 0 Å². The third-order valence-corrected chi connectivity index (χ3v) is 5.91. The number of benzene rings is 1. The van der Waals surface area contributed by atoms with Crippen LogP contribution in [-0.4, -0.2) is 8.92 Å². The van der Waals surface area contributed by atoms with Gasteiger partial charge in [-0.2, -0.15) is 0 Å². The van der Waals surface area contributed by atoms with E-state index in [9.17, 15) is 4.21 Å². The Morgan fingerprint density at radius 1 is 0.952 bits per heavy atom. The van der Waals surface area contributed by atoms with Crippen LogP contribution in [0.4, 0.5) is 0 Å². The molecule has 1 nitrogen and oxygen atoms in total. The number of hydrogen-bond donors (Lipinski definition) is 0. The third-order valence-electron chi connectivity index (χ3n) is 3.77. The summed E-state index contributed by atoms with van der Waals surface area (Å²) in [5.74, 6) is 0. The molecule has 0 spiro atoms. The van der Waals surface area contributed by atoms with Gasteiger partial charge in [0.2, 0.25) is 0 Å². The molecule has 0 aliphatic heterocycles. The minimum absolute atomic E-state index is 0.257. The Bertz CT molecular complexity index is 402. The predicted octanol–water partition coefficient (Wildman–Crippen LogP) is 6.20. The maximum absolute atomic E-state index is 12.3. The Kier molecular flexibility index (Phi) is 10.0. The van der Waals surface area contributed by atoms with Crippen LogP contribution in [0.3, 0.4) is 0 Å². The fourth-order valence-electron chi connectivity index (χ4n) is 2.37. The Labute approximate surface area is 137 Å². The first-order valence-corrected chi connectivity index (χ1v) is 9.91. The van der Waals surface area contributed by atoms with Gasteiger partial charge in [-0.3, -0.25) is 4.21 Å². The van der Waals surface area contributed by atoms with E-state index in [2.05, 4.69) is 6.92 Å². The summed E-state index contributed by atoms with van der Waals surface area (Å²) in [5.41, 5.74) is 1.19. The van der Waals surface area contributed by atoms with Gasteiger partial charge >= 0.3 is 0 Å². The molecule has 3 heteroatoms. The number of rotatable bonds is 11. The summed E-state index contributed by atoms with van der Waals surface area (Å²) in [4.78, 5) is 0.847. The minimum Gasteiger partial charge on any atom is -0.253 e. The molecular weight excluding hydrogens is 300 g/mol. The Hall–Kier alpha value is -0.340. The topological polar surface area (TPSA) is 17.1 Å². The van der Waals surface area contributed by atoms with Crippen molar-refractivity contribution in [3.8, 4) is 0 Å². The Balaban J connectivity index is 2.14. The Morgan fingerprint density at radius 2 is 1.48 bits per heavy atom. The quantitative estimate of drug-likeness (QED) is 0.349. The standard InChI is InChI=1S/C18H29ClOS/c1-3-4-5-6-7-8-9-10-11-18(19)21(20)17-14-12-16(2)13-15-17/h12-15,18H,3-11H2,1-2H3/t18?,21-/m1/s1. The first kappa shape index (κ1) is 18.7. The van der Waals surface area contributed by atoms with Crippen LogP contribution in [0, 0.1) is 6.92 Å². The molecule has 0 N–H and O–H groups in total. The molecule has 0 aliphatic carbocycles. The molecule has 0 aromatic heterocycles. The molecule has 21 heavy (non-hydrogen) atoms. The van der Waals surface area contributed by atoms with Crippen LogP contribution in [0.1, 0.15) is 70.3 Å². The summed E-state index contributed by atoms with van der Waals surface area (Å²) in [5, 5.41) is 0. The van der Waals surface area contributed by atoms with E-state index in [4.69, 9.17) is 11.6 Å². The molecule has 1 unspecified atom stereocenters. The lowest BCUT2D eigenvalue weighted by Gasteiger charge is -2.10. The van der Waals surface area contributed by atoms with E-state index in [0.717, 1.165) is 17.7 Å². The van der Waals surface area contributed by atoms with Crippen molar-refractivity contribution in [3.63, 3.8) is 0 Å². The first-order valence-electron chi connectivity index (χ1n) is 8.26. The van der Waals surface area contributed by atoms with E-state index in [-0.39, 0.29) is 4.71 Å². The van der Waals surface area contributed by atoms with E-state index >= 15 is 0 Å². The first-order chi connectivity index (χ1) is 10.1. The summed E-state index contributed by atoms with van der Waals surface area (Å²) in [6, 6.07) is 7.84. The summed E-state index contributed by atoms with van der Waals surface area (Å²) in [7, 11) is -1.08. The van der Waals surface area contributed by atoms with Gasteiger partial charge in [-0.05, 0) is 25.5 Å². The molecule has 120 valence electrons. The van der Waals surface area contributed by atoms with Crippen molar-refractivity contribution < 1.29 is 4.21 Å². The summed E-state index contributed by atoms with van der Waals surface area (Å²) in [6.07, 6.45) is 11.1. The maximum atomic E-state index is 12.3. The van der Waals surface area contributed by atoms with Crippen LogP contribution in [0.25, 0.3) is 0 Å². The van der Waals surface area contributed by atoms with Gasteiger partial charge in [-0.15, -0.1) is 11.6 Å². The summed E-state index contributed by atoms with van der Waals surface area (Å²) in [6.45, 7) is 4.28. The van der Waals surface area contributed by atoms with Crippen molar-refractivity contribution in [3.05, 3.63) is 29.8 Å². The van der Waals surface area contributed by atoms with Crippen molar-refractivity contribution in [2.24, 2.45) is 0 Å². The lowest BCUT2D eigenvalue weighted by Crippen LogP contribution is -2.08. The van der Waals surface area contributed by atoms with Crippen LogP contribution >= 0.6 is 11.6 Å². The zero-order valence-corrected chi connectivity index (χ0v) is 15.0. The van der Waals surface area contributed by atoms with E-state index in [0.29, 0.717) is 0 Å². The fourth-order valence-corrected chi connectivity index (χ4v) is 3.91. The highest BCUT2D eigenvalue weighted by Gasteiger charge is 2.14. The second kappa shape index (κ2) is 11.3. The summed E-state index contributed by atoms with van der Waals surface area (Å²) >= 11 is 6.29. The molecule has 0 heterocycles. The van der Waals surface area contributed by atoms with Gasteiger partial charge in [-0.25, -0.2) is 0 Å². The van der Waals surface area contributed by atoms with Crippen molar-refractivity contribution in [2.45, 2.75) is 81.2 Å². The molecule has 1 aromatic rings.